The Hall–Kier alpha value is -2.19. The van der Waals surface area contributed by atoms with Crippen LogP contribution in [0.3, 0.4) is 0 Å². The number of pyridine rings is 1. The van der Waals surface area contributed by atoms with Gasteiger partial charge in [-0.15, -0.1) is 0 Å². The van der Waals surface area contributed by atoms with Crippen LogP contribution in [0.15, 0.2) is 46.3 Å². The first-order chi connectivity index (χ1) is 9.10. The summed E-state index contributed by atoms with van der Waals surface area (Å²) in [4.78, 5) is 15.0. The summed E-state index contributed by atoms with van der Waals surface area (Å²) in [5, 5.41) is 11.1. The van der Waals surface area contributed by atoms with E-state index in [1.165, 1.54) is 36.4 Å². The number of nitrogens with zero attached hydrogens (tertiary/aromatic N) is 2. The van der Waals surface area contributed by atoms with Crippen molar-refractivity contribution >= 4 is 23.3 Å². The molecule has 0 unspecified atom stereocenters. The zero-order valence-corrected chi connectivity index (χ0v) is 10.4. The normalized spacial score (nSPS) is 10.2. The van der Waals surface area contributed by atoms with Crippen molar-refractivity contribution in [3.63, 3.8) is 0 Å². The molecule has 1 aromatic heterocycles. The Morgan fingerprint density at radius 3 is 2.53 bits per heavy atom. The van der Waals surface area contributed by atoms with Crippen LogP contribution in [0.1, 0.15) is 0 Å². The summed E-state index contributed by atoms with van der Waals surface area (Å²) in [5.74, 6) is 5.16. The van der Waals surface area contributed by atoms with E-state index >= 15 is 0 Å². The largest absolute Gasteiger partial charge is 0.308 e. The fourth-order valence-electron chi connectivity index (χ4n) is 1.34. The van der Waals surface area contributed by atoms with Crippen molar-refractivity contribution in [1.29, 1.82) is 0 Å². The summed E-state index contributed by atoms with van der Waals surface area (Å²) in [6.07, 6.45) is 0. The third kappa shape index (κ3) is 3.18. The lowest BCUT2D eigenvalue weighted by molar-refractivity contribution is -0.388. The van der Waals surface area contributed by atoms with E-state index in [9.17, 15) is 14.5 Å². The number of nitro groups is 1. The van der Waals surface area contributed by atoms with Crippen molar-refractivity contribution in [2.75, 3.05) is 5.43 Å². The van der Waals surface area contributed by atoms with E-state index in [2.05, 4.69) is 10.4 Å². The molecule has 8 heteroatoms. The second kappa shape index (κ2) is 5.63. The maximum Gasteiger partial charge on any atom is 0.301 e. The van der Waals surface area contributed by atoms with Crippen LogP contribution in [0, 0.1) is 15.9 Å². The highest BCUT2D eigenvalue weighted by Gasteiger charge is 2.17. The van der Waals surface area contributed by atoms with Gasteiger partial charge < -0.3 is 5.43 Å². The Morgan fingerprint density at radius 2 is 1.95 bits per heavy atom. The molecule has 0 aliphatic rings. The maximum absolute atomic E-state index is 12.8. The van der Waals surface area contributed by atoms with Crippen molar-refractivity contribution in [2.24, 2.45) is 5.84 Å². The molecule has 2 rings (SSSR count). The van der Waals surface area contributed by atoms with Crippen LogP contribution in [0.4, 0.5) is 15.9 Å². The van der Waals surface area contributed by atoms with E-state index in [0.29, 0.717) is 10.7 Å². The van der Waals surface area contributed by atoms with Gasteiger partial charge in [-0.1, -0.05) is 11.8 Å². The molecule has 0 spiro atoms. The number of hydrogen-bond acceptors (Lipinski definition) is 6. The number of halogens is 1. The van der Waals surface area contributed by atoms with Crippen molar-refractivity contribution in [3.8, 4) is 0 Å². The van der Waals surface area contributed by atoms with E-state index in [0.717, 1.165) is 11.8 Å². The lowest BCUT2D eigenvalue weighted by Crippen LogP contribution is -2.09. The summed E-state index contributed by atoms with van der Waals surface area (Å²) in [6.45, 7) is 0. The van der Waals surface area contributed by atoms with Crippen LogP contribution in [0.2, 0.25) is 0 Å². The second-order valence-electron chi connectivity index (χ2n) is 3.48. The lowest BCUT2D eigenvalue weighted by Gasteiger charge is -2.04. The summed E-state index contributed by atoms with van der Waals surface area (Å²) < 4.78 is 12.8. The molecule has 1 aromatic carbocycles. The fourth-order valence-corrected chi connectivity index (χ4v) is 2.23. The molecule has 0 fully saturated rings. The molecule has 98 valence electrons. The summed E-state index contributed by atoms with van der Waals surface area (Å²) in [5.41, 5.74) is 2.19. The molecule has 0 saturated heterocycles. The minimum Gasteiger partial charge on any atom is -0.308 e. The van der Waals surface area contributed by atoms with Crippen molar-refractivity contribution in [2.45, 2.75) is 9.92 Å². The summed E-state index contributed by atoms with van der Waals surface area (Å²) in [6, 6.07) is 8.32. The number of hydrogen-bond donors (Lipinski definition) is 2. The zero-order valence-electron chi connectivity index (χ0n) is 9.54. The third-order valence-electron chi connectivity index (χ3n) is 2.21. The van der Waals surface area contributed by atoms with E-state index in [-0.39, 0.29) is 16.5 Å². The van der Waals surface area contributed by atoms with Gasteiger partial charge in [-0.25, -0.2) is 15.2 Å². The number of benzene rings is 1. The number of nitrogens with one attached hydrogen (secondary N) is 1. The van der Waals surface area contributed by atoms with Crippen molar-refractivity contribution in [1.82, 2.24) is 4.98 Å². The molecule has 0 radical (unpaired) electrons. The van der Waals surface area contributed by atoms with Gasteiger partial charge in [0.25, 0.3) is 0 Å². The number of anilines is 1. The Bertz CT molecular complexity index is 606. The monoisotopic (exact) mass is 280 g/mol. The van der Waals surface area contributed by atoms with Crippen LogP contribution in [0.25, 0.3) is 0 Å². The Balaban J connectivity index is 2.36. The molecule has 0 aliphatic heterocycles. The van der Waals surface area contributed by atoms with Gasteiger partial charge in [0.15, 0.2) is 5.03 Å². The Morgan fingerprint density at radius 1 is 1.26 bits per heavy atom. The Kier molecular flexibility index (Phi) is 3.93. The molecule has 2 aromatic rings. The quantitative estimate of drug-likeness (QED) is 0.508. The lowest BCUT2D eigenvalue weighted by atomic mass is 10.3. The van der Waals surface area contributed by atoms with Gasteiger partial charge in [0.2, 0.25) is 0 Å². The molecule has 1 heterocycles. The van der Waals surface area contributed by atoms with Gasteiger partial charge in [0, 0.05) is 11.0 Å². The third-order valence-corrected chi connectivity index (χ3v) is 3.21. The van der Waals surface area contributed by atoms with Crippen molar-refractivity contribution < 1.29 is 9.31 Å². The highest BCUT2D eigenvalue weighted by Crippen LogP contribution is 2.33. The molecule has 6 nitrogen and oxygen atoms in total. The number of aromatic nitrogens is 1. The minimum atomic E-state index is -0.529. The van der Waals surface area contributed by atoms with Crippen LogP contribution >= 0.6 is 11.8 Å². The molecule has 3 N–H and O–H groups in total. The van der Waals surface area contributed by atoms with E-state index in [1.54, 1.807) is 0 Å². The molecule has 0 bridgehead atoms. The standard InChI is InChI=1S/C11H9FN4O2S/c12-7-1-3-8(4-2-7)19-11-9(16(17)18)5-6-10(14-11)15-13/h1-6H,13H2,(H,14,15). The molecular formula is C11H9FN4O2S. The molecule has 0 saturated carbocycles. The van der Waals surface area contributed by atoms with E-state index in [1.807, 2.05) is 0 Å². The summed E-state index contributed by atoms with van der Waals surface area (Å²) >= 11 is 1.07. The predicted octanol–water partition coefficient (Wildman–Crippen LogP) is 2.57. The number of hydrazine groups is 1. The minimum absolute atomic E-state index is 0.131. The first-order valence-corrected chi connectivity index (χ1v) is 5.97. The molecular weight excluding hydrogens is 271 g/mol. The molecule has 19 heavy (non-hydrogen) atoms. The number of rotatable bonds is 4. The molecule has 0 aliphatic carbocycles. The highest BCUT2D eigenvalue weighted by atomic mass is 32.2. The topological polar surface area (TPSA) is 94.1 Å². The predicted molar refractivity (Wildman–Crippen MR) is 69.2 cm³/mol. The second-order valence-corrected chi connectivity index (χ2v) is 4.54. The maximum atomic E-state index is 12.8. The SMILES string of the molecule is NNc1ccc([N+](=O)[O-])c(Sc2ccc(F)cc2)n1. The summed E-state index contributed by atoms with van der Waals surface area (Å²) in [7, 11) is 0. The van der Waals surface area contributed by atoms with Gasteiger partial charge >= 0.3 is 5.69 Å². The van der Waals surface area contributed by atoms with Crippen LogP contribution < -0.4 is 11.3 Å². The van der Waals surface area contributed by atoms with Crippen LogP contribution in [0.5, 0.6) is 0 Å². The van der Waals surface area contributed by atoms with Gasteiger partial charge in [0.05, 0.1) is 4.92 Å². The fraction of sp³-hybridized carbons (Fsp3) is 0. The average molecular weight is 280 g/mol. The van der Waals surface area contributed by atoms with Gasteiger partial charge in [-0.2, -0.15) is 0 Å². The number of nitrogen functional groups attached to an aromatic ring is 1. The highest BCUT2D eigenvalue weighted by molar-refractivity contribution is 7.99. The average Bonchev–Trinajstić information content (AvgIpc) is 2.41. The van der Waals surface area contributed by atoms with Crippen LogP contribution in [-0.2, 0) is 0 Å². The smallest absolute Gasteiger partial charge is 0.301 e. The van der Waals surface area contributed by atoms with E-state index < -0.39 is 4.92 Å². The first kappa shape index (κ1) is 13.2. The molecule has 0 atom stereocenters. The van der Waals surface area contributed by atoms with Crippen LogP contribution in [-0.4, -0.2) is 9.91 Å². The van der Waals surface area contributed by atoms with Gasteiger partial charge in [-0.05, 0) is 30.3 Å². The Labute approximate surface area is 112 Å². The number of nitrogens with two attached hydrogens (primary N) is 1. The van der Waals surface area contributed by atoms with Gasteiger partial charge in [-0.3, -0.25) is 10.1 Å². The van der Waals surface area contributed by atoms with Gasteiger partial charge in [0.1, 0.15) is 11.6 Å². The van der Waals surface area contributed by atoms with E-state index in [4.69, 9.17) is 5.84 Å². The molecule has 0 amide bonds. The first-order valence-electron chi connectivity index (χ1n) is 5.15. The zero-order chi connectivity index (χ0) is 13.8. The van der Waals surface area contributed by atoms with Crippen molar-refractivity contribution in [3.05, 3.63) is 52.3 Å².